The van der Waals surface area contributed by atoms with Crippen LogP contribution in [0.25, 0.3) is 0 Å². The van der Waals surface area contributed by atoms with Gasteiger partial charge in [-0.05, 0) is 25.3 Å². The SMILES string of the molecule is Cc1ccc(CC(=O)N2CCN(C(=O)C3(N)CCCCC3)CC2)cc1. The third kappa shape index (κ3) is 4.21. The van der Waals surface area contributed by atoms with Gasteiger partial charge in [-0.15, -0.1) is 0 Å². The molecular formula is C20H29N3O2. The van der Waals surface area contributed by atoms with Crippen molar-refractivity contribution in [3.63, 3.8) is 0 Å². The fraction of sp³-hybridized carbons (Fsp3) is 0.600. The number of carbonyl (C=O) groups excluding carboxylic acids is 2. The van der Waals surface area contributed by atoms with Crippen LogP contribution in [0.15, 0.2) is 24.3 Å². The first-order chi connectivity index (χ1) is 12.0. The van der Waals surface area contributed by atoms with E-state index < -0.39 is 5.54 Å². The summed E-state index contributed by atoms with van der Waals surface area (Å²) in [6.45, 7) is 4.44. The summed E-state index contributed by atoms with van der Waals surface area (Å²) in [5.74, 6) is 0.217. The fourth-order valence-electron chi connectivity index (χ4n) is 3.86. The van der Waals surface area contributed by atoms with Crippen LogP contribution in [0, 0.1) is 6.92 Å². The fourth-order valence-corrected chi connectivity index (χ4v) is 3.86. The third-order valence-corrected chi connectivity index (χ3v) is 5.57. The molecule has 0 atom stereocenters. The van der Waals surface area contributed by atoms with E-state index in [1.165, 1.54) is 12.0 Å². The Bertz CT molecular complexity index is 612. The van der Waals surface area contributed by atoms with Crippen LogP contribution in [-0.4, -0.2) is 53.3 Å². The Hall–Kier alpha value is -1.88. The molecule has 1 heterocycles. The summed E-state index contributed by atoms with van der Waals surface area (Å²) in [4.78, 5) is 29.0. The van der Waals surface area contributed by atoms with Gasteiger partial charge in [0, 0.05) is 26.2 Å². The number of aryl methyl sites for hydroxylation is 1. The lowest BCUT2D eigenvalue weighted by Gasteiger charge is -2.41. The molecule has 1 aliphatic carbocycles. The Kier molecular flexibility index (Phi) is 5.42. The average molecular weight is 343 g/mol. The number of hydrogen-bond donors (Lipinski definition) is 1. The zero-order valence-corrected chi connectivity index (χ0v) is 15.2. The molecule has 1 saturated carbocycles. The Morgan fingerprint density at radius 3 is 2.12 bits per heavy atom. The largest absolute Gasteiger partial charge is 0.339 e. The quantitative estimate of drug-likeness (QED) is 0.911. The van der Waals surface area contributed by atoms with Crippen molar-refractivity contribution in [1.82, 2.24) is 9.80 Å². The van der Waals surface area contributed by atoms with Crippen molar-refractivity contribution in [2.24, 2.45) is 5.73 Å². The molecule has 0 radical (unpaired) electrons. The molecule has 0 bridgehead atoms. The molecule has 136 valence electrons. The lowest BCUT2D eigenvalue weighted by atomic mass is 9.81. The molecule has 1 aromatic carbocycles. The van der Waals surface area contributed by atoms with E-state index >= 15 is 0 Å². The maximum Gasteiger partial charge on any atom is 0.242 e. The molecule has 5 nitrogen and oxygen atoms in total. The molecule has 25 heavy (non-hydrogen) atoms. The van der Waals surface area contributed by atoms with Gasteiger partial charge in [0.15, 0.2) is 0 Å². The van der Waals surface area contributed by atoms with Crippen LogP contribution in [0.2, 0.25) is 0 Å². The van der Waals surface area contributed by atoms with Crippen LogP contribution in [0.3, 0.4) is 0 Å². The lowest BCUT2D eigenvalue weighted by molar-refractivity contribution is -0.143. The van der Waals surface area contributed by atoms with Gasteiger partial charge in [-0.2, -0.15) is 0 Å². The molecule has 3 rings (SSSR count). The van der Waals surface area contributed by atoms with E-state index in [0.717, 1.165) is 31.2 Å². The van der Waals surface area contributed by atoms with Crippen molar-refractivity contribution in [2.45, 2.75) is 51.0 Å². The smallest absolute Gasteiger partial charge is 0.242 e. The first-order valence-electron chi connectivity index (χ1n) is 9.39. The first kappa shape index (κ1) is 17.9. The highest BCUT2D eigenvalue weighted by atomic mass is 16.2. The zero-order chi connectivity index (χ0) is 17.9. The van der Waals surface area contributed by atoms with E-state index in [2.05, 4.69) is 0 Å². The second kappa shape index (κ2) is 7.56. The van der Waals surface area contributed by atoms with Crippen molar-refractivity contribution in [3.8, 4) is 0 Å². The summed E-state index contributed by atoms with van der Waals surface area (Å²) >= 11 is 0. The molecule has 0 unspecified atom stereocenters. The number of amides is 2. The van der Waals surface area contributed by atoms with Gasteiger partial charge in [0.05, 0.1) is 12.0 Å². The predicted molar refractivity (Wildman–Crippen MR) is 98.0 cm³/mol. The van der Waals surface area contributed by atoms with Gasteiger partial charge >= 0.3 is 0 Å². The van der Waals surface area contributed by atoms with Crippen molar-refractivity contribution >= 4 is 11.8 Å². The zero-order valence-electron chi connectivity index (χ0n) is 15.2. The summed E-state index contributed by atoms with van der Waals surface area (Å²) in [5.41, 5.74) is 7.93. The van der Waals surface area contributed by atoms with Gasteiger partial charge in [0.1, 0.15) is 0 Å². The van der Waals surface area contributed by atoms with E-state index in [0.29, 0.717) is 32.6 Å². The molecular weight excluding hydrogens is 314 g/mol. The van der Waals surface area contributed by atoms with Crippen LogP contribution < -0.4 is 5.73 Å². The molecule has 2 amide bonds. The number of hydrogen-bond acceptors (Lipinski definition) is 3. The number of piperazine rings is 1. The number of nitrogens with zero attached hydrogens (tertiary/aromatic N) is 2. The van der Waals surface area contributed by atoms with Crippen LogP contribution in [0.4, 0.5) is 0 Å². The number of carbonyl (C=O) groups is 2. The van der Waals surface area contributed by atoms with E-state index in [1.807, 2.05) is 41.0 Å². The van der Waals surface area contributed by atoms with E-state index in [9.17, 15) is 9.59 Å². The van der Waals surface area contributed by atoms with Crippen molar-refractivity contribution in [2.75, 3.05) is 26.2 Å². The highest BCUT2D eigenvalue weighted by Crippen LogP contribution is 2.28. The molecule has 2 aliphatic rings. The van der Waals surface area contributed by atoms with Crippen LogP contribution in [-0.2, 0) is 16.0 Å². The van der Waals surface area contributed by atoms with Crippen LogP contribution >= 0.6 is 0 Å². The monoisotopic (exact) mass is 343 g/mol. The lowest BCUT2D eigenvalue weighted by Crippen LogP contribution is -2.60. The second-order valence-corrected chi connectivity index (χ2v) is 7.55. The van der Waals surface area contributed by atoms with Gasteiger partial charge in [-0.3, -0.25) is 9.59 Å². The minimum atomic E-state index is -0.674. The Balaban J connectivity index is 1.51. The van der Waals surface area contributed by atoms with Crippen LogP contribution in [0.1, 0.15) is 43.2 Å². The van der Waals surface area contributed by atoms with E-state index in [-0.39, 0.29) is 11.8 Å². The normalized spacial score (nSPS) is 20.4. The summed E-state index contributed by atoms with van der Waals surface area (Å²) in [7, 11) is 0. The van der Waals surface area contributed by atoms with E-state index in [1.54, 1.807) is 0 Å². The molecule has 0 aromatic heterocycles. The summed E-state index contributed by atoms with van der Waals surface area (Å²) < 4.78 is 0. The number of rotatable bonds is 3. The topological polar surface area (TPSA) is 66.6 Å². The Labute approximate surface area is 150 Å². The third-order valence-electron chi connectivity index (χ3n) is 5.57. The van der Waals surface area contributed by atoms with Gasteiger partial charge in [-0.25, -0.2) is 0 Å². The number of nitrogens with two attached hydrogens (primary N) is 1. The Morgan fingerprint density at radius 2 is 1.52 bits per heavy atom. The van der Waals surface area contributed by atoms with Crippen molar-refractivity contribution in [1.29, 1.82) is 0 Å². The molecule has 2 N–H and O–H groups in total. The minimum absolute atomic E-state index is 0.0813. The van der Waals surface area contributed by atoms with E-state index in [4.69, 9.17) is 5.73 Å². The Morgan fingerprint density at radius 1 is 0.960 bits per heavy atom. The second-order valence-electron chi connectivity index (χ2n) is 7.55. The van der Waals surface area contributed by atoms with Crippen LogP contribution in [0.5, 0.6) is 0 Å². The summed E-state index contributed by atoms with van der Waals surface area (Å²) in [6, 6.07) is 8.08. The maximum absolute atomic E-state index is 12.8. The van der Waals surface area contributed by atoms with Gasteiger partial charge in [0.2, 0.25) is 11.8 Å². The van der Waals surface area contributed by atoms with Gasteiger partial charge in [0.25, 0.3) is 0 Å². The van der Waals surface area contributed by atoms with Crippen molar-refractivity contribution < 1.29 is 9.59 Å². The first-order valence-corrected chi connectivity index (χ1v) is 9.39. The molecule has 2 fully saturated rings. The average Bonchev–Trinajstić information content (AvgIpc) is 2.64. The van der Waals surface area contributed by atoms with Crippen molar-refractivity contribution in [3.05, 3.63) is 35.4 Å². The highest BCUT2D eigenvalue weighted by Gasteiger charge is 2.39. The molecule has 5 heteroatoms. The standard InChI is InChI=1S/C20H29N3O2/c1-16-5-7-17(8-6-16)15-18(24)22-11-13-23(14-12-22)19(25)20(21)9-3-2-4-10-20/h5-8H,2-4,9-15,21H2,1H3. The minimum Gasteiger partial charge on any atom is -0.339 e. The summed E-state index contributed by atoms with van der Waals surface area (Å²) in [6.07, 6.45) is 5.26. The van der Waals surface area contributed by atoms with Gasteiger partial charge in [-0.1, -0.05) is 49.1 Å². The molecule has 1 aromatic rings. The molecule has 0 spiro atoms. The maximum atomic E-state index is 12.8. The highest BCUT2D eigenvalue weighted by molar-refractivity contribution is 5.86. The summed E-state index contributed by atoms with van der Waals surface area (Å²) in [5, 5.41) is 0. The number of benzene rings is 1. The van der Waals surface area contributed by atoms with Gasteiger partial charge < -0.3 is 15.5 Å². The molecule has 1 saturated heterocycles. The molecule has 1 aliphatic heterocycles. The predicted octanol–water partition coefficient (Wildman–Crippen LogP) is 1.87.